The number of amides is 2. The maximum absolute atomic E-state index is 12.4. The number of rotatable bonds is 6. The van der Waals surface area contributed by atoms with Crippen LogP contribution in [0.4, 0.5) is 0 Å². The molecule has 1 N–H and O–H groups in total. The lowest BCUT2D eigenvalue weighted by atomic mass is 9.94. The van der Waals surface area contributed by atoms with Crippen LogP contribution in [0.3, 0.4) is 0 Å². The van der Waals surface area contributed by atoms with Crippen molar-refractivity contribution in [2.75, 3.05) is 39.0 Å². The molecule has 29 heavy (non-hydrogen) atoms. The number of carbonyl (C=O) groups is 2. The summed E-state index contributed by atoms with van der Waals surface area (Å²) in [5, 5.41) is 3.03. The molecule has 0 aromatic carbocycles. The molecule has 0 atom stereocenters. The normalized spacial score (nSPS) is 20.2. The summed E-state index contributed by atoms with van der Waals surface area (Å²) in [6.45, 7) is 2.77. The largest absolute Gasteiger partial charge is 0.465 e. The number of carbonyl (C=O) groups excluding carboxylic acids is 2. The number of hydrogen-bond acceptors (Lipinski definition) is 5. The van der Waals surface area contributed by atoms with Crippen LogP contribution >= 0.6 is 0 Å². The molecule has 0 saturated carbocycles. The van der Waals surface area contributed by atoms with Gasteiger partial charge < -0.3 is 14.6 Å². The van der Waals surface area contributed by atoms with Crippen molar-refractivity contribution >= 4 is 27.9 Å². The van der Waals surface area contributed by atoms with Crippen molar-refractivity contribution in [3.63, 3.8) is 0 Å². The third-order valence-electron chi connectivity index (χ3n) is 5.72. The van der Waals surface area contributed by atoms with Crippen LogP contribution in [0.25, 0.3) is 6.08 Å². The smallest absolute Gasteiger partial charge is 0.246 e. The maximum atomic E-state index is 12.4. The summed E-state index contributed by atoms with van der Waals surface area (Å²) in [7, 11) is -3.17. The van der Waals surface area contributed by atoms with E-state index in [2.05, 4.69) is 5.32 Å². The molecule has 160 valence electrons. The molecule has 9 heteroatoms. The molecule has 0 bridgehead atoms. The lowest BCUT2D eigenvalue weighted by molar-refractivity contribution is -0.128. The fourth-order valence-corrected chi connectivity index (χ4v) is 4.72. The van der Waals surface area contributed by atoms with Gasteiger partial charge in [-0.05, 0) is 49.8 Å². The van der Waals surface area contributed by atoms with E-state index in [4.69, 9.17) is 4.42 Å². The first-order valence-electron chi connectivity index (χ1n) is 10.1. The van der Waals surface area contributed by atoms with Crippen LogP contribution in [0.2, 0.25) is 0 Å². The molecule has 2 amide bonds. The van der Waals surface area contributed by atoms with Gasteiger partial charge in [-0.3, -0.25) is 9.59 Å². The van der Waals surface area contributed by atoms with E-state index in [-0.39, 0.29) is 17.7 Å². The Hall–Kier alpha value is -2.13. The minimum Gasteiger partial charge on any atom is -0.465 e. The van der Waals surface area contributed by atoms with Crippen molar-refractivity contribution in [3.05, 3.63) is 30.2 Å². The van der Waals surface area contributed by atoms with Crippen LogP contribution in [0.1, 0.15) is 31.4 Å². The van der Waals surface area contributed by atoms with Crippen LogP contribution in [-0.4, -0.2) is 68.4 Å². The molecule has 3 rings (SSSR count). The zero-order valence-electron chi connectivity index (χ0n) is 16.7. The number of hydrogen-bond donors (Lipinski definition) is 1. The second-order valence-electron chi connectivity index (χ2n) is 7.80. The SMILES string of the molecule is CS(=O)(=O)N1CCC(C(=O)NCC2CCN(C(=O)/C=C/c3ccco3)CC2)CC1. The number of furan rings is 1. The van der Waals surface area contributed by atoms with Gasteiger partial charge in [0, 0.05) is 44.7 Å². The number of sulfonamides is 1. The van der Waals surface area contributed by atoms with Crippen LogP contribution in [-0.2, 0) is 19.6 Å². The topological polar surface area (TPSA) is 99.9 Å². The molecule has 8 nitrogen and oxygen atoms in total. The molecule has 2 saturated heterocycles. The molecule has 1 aromatic heterocycles. The Morgan fingerprint density at radius 3 is 2.45 bits per heavy atom. The summed E-state index contributed by atoms with van der Waals surface area (Å²) in [5.74, 6) is 0.868. The van der Waals surface area contributed by atoms with E-state index in [1.165, 1.54) is 16.6 Å². The van der Waals surface area contributed by atoms with E-state index in [1.807, 2.05) is 4.90 Å². The molecular weight excluding hydrogens is 394 g/mol. The molecule has 3 heterocycles. The second-order valence-corrected chi connectivity index (χ2v) is 9.78. The van der Waals surface area contributed by atoms with E-state index in [0.717, 1.165) is 12.8 Å². The van der Waals surface area contributed by atoms with Crippen molar-refractivity contribution in [1.29, 1.82) is 0 Å². The molecule has 0 unspecified atom stereocenters. The molecule has 2 fully saturated rings. The lowest BCUT2D eigenvalue weighted by Crippen LogP contribution is -2.45. The molecule has 2 aliphatic rings. The Balaban J connectivity index is 1.35. The highest BCUT2D eigenvalue weighted by Gasteiger charge is 2.29. The average Bonchev–Trinajstić information content (AvgIpc) is 3.24. The summed E-state index contributed by atoms with van der Waals surface area (Å²) in [4.78, 5) is 26.5. The monoisotopic (exact) mass is 423 g/mol. The second kappa shape index (κ2) is 9.58. The van der Waals surface area contributed by atoms with E-state index in [0.29, 0.717) is 57.2 Å². The fraction of sp³-hybridized carbons (Fsp3) is 0.600. The van der Waals surface area contributed by atoms with Gasteiger partial charge in [0.25, 0.3) is 0 Å². The van der Waals surface area contributed by atoms with Gasteiger partial charge in [-0.25, -0.2) is 12.7 Å². The first-order chi connectivity index (χ1) is 13.8. The minimum atomic E-state index is -3.17. The van der Waals surface area contributed by atoms with Crippen LogP contribution in [0.5, 0.6) is 0 Å². The molecule has 0 radical (unpaired) electrons. The van der Waals surface area contributed by atoms with Gasteiger partial charge in [0.05, 0.1) is 12.5 Å². The zero-order chi connectivity index (χ0) is 20.9. The Kier molecular flexibility index (Phi) is 7.13. The predicted molar refractivity (Wildman–Crippen MR) is 109 cm³/mol. The van der Waals surface area contributed by atoms with Crippen LogP contribution in [0.15, 0.2) is 28.9 Å². The summed E-state index contributed by atoms with van der Waals surface area (Å²) < 4.78 is 29.7. The molecule has 0 aliphatic carbocycles. The van der Waals surface area contributed by atoms with E-state index < -0.39 is 10.0 Å². The Morgan fingerprint density at radius 1 is 1.17 bits per heavy atom. The highest BCUT2D eigenvalue weighted by atomic mass is 32.2. The van der Waals surface area contributed by atoms with Crippen LogP contribution < -0.4 is 5.32 Å². The quantitative estimate of drug-likeness (QED) is 0.696. The van der Waals surface area contributed by atoms with E-state index in [1.54, 1.807) is 24.5 Å². The van der Waals surface area contributed by atoms with Crippen molar-refractivity contribution in [3.8, 4) is 0 Å². The molecule has 2 aliphatic heterocycles. The predicted octanol–water partition coefficient (Wildman–Crippen LogP) is 1.32. The van der Waals surface area contributed by atoms with E-state index >= 15 is 0 Å². The average molecular weight is 424 g/mol. The van der Waals surface area contributed by atoms with Crippen molar-refractivity contribution in [1.82, 2.24) is 14.5 Å². The standard InChI is InChI=1S/C20H29N3O5S/c1-29(26,27)23-12-8-17(9-13-23)20(25)21-15-16-6-10-22(11-7-16)19(24)5-4-18-3-2-14-28-18/h2-5,14,16-17H,6-13,15H2,1H3,(H,21,25)/b5-4+. The highest BCUT2D eigenvalue weighted by Crippen LogP contribution is 2.21. The van der Waals surface area contributed by atoms with Crippen molar-refractivity contribution in [2.45, 2.75) is 25.7 Å². The Bertz CT molecular complexity index is 818. The number of nitrogens with one attached hydrogen (secondary N) is 1. The molecular formula is C20H29N3O5S. The summed E-state index contributed by atoms with van der Waals surface area (Å²) in [5.41, 5.74) is 0. The van der Waals surface area contributed by atoms with Gasteiger partial charge in [0.1, 0.15) is 5.76 Å². The van der Waals surface area contributed by atoms with Gasteiger partial charge >= 0.3 is 0 Å². The third kappa shape index (κ3) is 6.17. The maximum Gasteiger partial charge on any atom is 0.246 e. The lowest BCUT2D eigenvalue weighted by Gasteiger charge is -2.32. The Morgan fingerprint density at radius 2 is 1.86 bits per heavy atom. The first kappa shape index (κ1) is 21.6. The Labute approximate surface area is 172 Å². The third-order valence-corrected chi connectivity index (χ3v) is 7.02. The number of piperidine rings is 2. The molecule has 0 spiro atoms. The van der Waals surface area contributed by atoms with Gasteiger partial charge in [-0.2, -0.15) is 0 Å². The van der Waals surface area contributed by atoms with E-state index in [9.17, 15) is 18.0 Å². The zero-order valence-corrected chi connectivity index (χ0v) is 17.6. The van der Waals surface area contributed by atoms with Gasteiger partial charge in [-0.1, -0.05) is 0 Å². The summed E-state index contributed by atoms with van der Waals surface area (Å²) >= 11 is 0. The van der Waals surface area contributed by atoms with Crippen molar-refractivity contribution < 1.29 is 22.4 Å². The summed E-state index contributed by atoms with van der Waals surface area (Å²) in [6.07, 6.45) is 8.81. The fourth-order valence-electron chi connectivity index (χ4n) is 3.84. The number of nitrogens with zero attached hydrogens (tertiary/aromatic N) is 2. The van der Waals surface area contributed by atoms with Gasteiger partial charge in [0.15, 0.2) is 0 Å². The first-order valence-corrected chi connectivity index (χ1v) is 11.9. The summed E-state index contributed by atoms with van der Waals surface area (Å²) in [6, 6.07) is 3.57. The number of likely N-dealkylation sites (tertiary alicyclic amines) is 1. The van der Waals surface area contributed by atoms with Crippen LogP contribution in [0, 0.1) is 11.8 Å². The van der Waals surface area contributed by atoms with Gasteiger partial charge in [0.2, 0.25) is 21.8 Å². The minimum absolute atomic E-state index is 0.0121. The van der Waals surface area contributed by atoms with Crippen molar-refractivity contribution in [2.24, 2.45) is 11.8 Å². The highest BCUT2D eigenvalue weighted by molar-refractivity contribution is 7.88. The molecule has 1 aromatic rings. The van der Waals surface area contributed by atoms with Gasteiger partial charge in [-0.15, -0.1) is 0 Å².